The Morgan fingerprint density at radius 2 is 1.23 bits per heavy atom. The van der Waals surface area contributed by atoms with Crippen LogP contribution in [0.5, 0.6) is 11.5 Å². The van der Waals surface area contributed by atoms with Crippen LogP contribution in [0, 0.1) is 0 Å². The van der Waals surface area contributed by atoms with Gasteiger partial charge in [0.25, 0.3) is 0 Å². The van der Waals surface area contributed by atoms with Gasteiger partial charge in [0, 0.05) is 5.54 Å². The predicted molar refractivity (Wildman–Crippen MR) is 110 cm³/mol. The van der Waals surface area contributed by atoms with Gasteiger partial charge >= 0.3 is 0 Å². The van der Waals surface area contributed by atoms with Crippen molar-refractivity contribution in [1.82, 2.24) is 4.90 Å². The Hall–Kier alpha value is -1.51. The number of piperidine rings is 1. The highest BCUT2D eigenvalue weighted by Crippen LogP contribution is 2.44. The molecule has 0 unspecified atom stereocenters. The molecular formula is C23H30ClNO. The lowest BCUT2D eigenvalue weighted by Crippen LogP contribution is -2.49. The third kappa shape index (κ3) is 4.07. The van der Waals surface area contributed by atoms with Crippen LogP contribution in [0.25, 0.3) is 0 Å². The Balaban J connectivity index is 0.00000196. The quantitative estimate of drug-likeness (QED) is 0.604. The number of ether oxygens (including phenoxy) is 1. The van der Waals surface area contributed by atoms with Crippen molar-refractivity contribution in [2.24, 2.45) is 0 Å². The first-order chi connectivity index (χ1) is 12.4. The second-order valence-corrected chi connectivity index (χ2v) is 7.58. The number of benzene rings is 2. The van der Waals surface area contributed by atoms with Crippen molar-refractivity contribution in [3.63, 3.8) is 0 Å². The van der Waals surface area contributed by atoms with Crippen molar-refractivity contribution in [3.8, 4) is 11.5 Å². The summed E-state index contributed by atoms with van der Waals surface area (Å²) in [6, 6.07) is 19.0. The lowest BCUT2D eigenvalue weighted by atomic mass is 9.74. The van der Waals surface area contributed by atoms with Gasteiger partial charge in [-0.3, -0.25) is 4.90 Å². The maximum absolute atomic E-state index is 5.99. The average molecular weight is 372 g/mol. The molecule has 1 aliphatic carbocycles. The first-order valence-electron chi connectivity index (χ1n) is 9.95. The molecule has 0 spiro atoms. The van der Waals surface area contributed by atoms with Gasteiger partial charge in [0.15, 0.2) is 0 Å². The molecule has 4 rings (SSSR count). The van der Waals surface area contributed by atoms with Gasteiger partial charge in [0.1, 0.15) is 11.5 Å². The van der Waals surface area contributed by atoms with Crippen LogP contribution in [0.4, 0.5) is 0 Å². The highest BCUT2D eigenvalue weighted by atomic mass is 35.5. The van der Waals surface area contributed by atoms with Crippen LogP contribution in [0.15, 0.2) is 54.6 Å². The summed E-state index contributed by atoms with van der Waals surface area (Å²) in [7, 11) is 0. The smallest absolute Gasteiger partial charge is 0.127 e. The lowest BCUT2D eigenvalue weighted by Gasteiger charge is -2.48. The molecule has 3 heteroatoms. The molecule has 0 N–H and O–H groups in total. The first-order valence-corrected chi connectivity index (χ1v) is 9.95. The minimum absolute atomic E-state index is 0. The predicted octanol–water partition coefficient (Wildman–Crippen LogP) is 6.55. The van der Waals surface area contributed by atoms with E-state index >= 15 is 0 Å². The number of rotatable bonds is 4. The van der Waals surface area contributed by atoms with E-state index in [1.165, 1.54) is 70.0 Å². The summed E-state index contributed by atoms with van der Waals surface area (Å²) >= 11 is 0. The van der Waals surface area contributed by atoms with Crippen molar-refractivity contribution in [2.45, 2.75) is 56.9 Å². The Morgan fingerprint density at radius 1 is 0.654 bits per heavy atom. The molecule has 0 radical (unpaired) electrons. The summed E-state index contributed by atoms with van der Waals surface area (Å²) in [5.74, 6) is 1.83. The van der Waals surface area contributed by atoms with Gasteiger partial charge in [-0.2, -0.15) is 0 Å². The number of halogens is 1. The molecule has 2 nitrogen and oxygen atoms in total. The molecule has 140 valence electrons. The van der Waals surface area contributed by atoms with Gasteiger partial charge in [-0.1, -0.05) is 56.0 Å². The molecule has 2 aromatic rings. The van der Waals surface area contributed by atoms with E-state index in [0.29, 0.717) is 0 Å². The van der Waals surface area contributed by atoms with Gasteiger partial charge in [-0.05, 0) is 68.6 Å². The minimum atomic E-state index is 0. The highest BCUT2D eigenvalue weighted by Gasteiger charge is 2.39. The Kier molecular flexibility index (Phi) is 6.61. The molecule has 1 saturated heterocycles. The van der Waals surface area contributed by atoms with Crippen LogP contribution in [0.2, 0.25) is 0 Å². The van der Waals surface area contributed by atoms with Gasteiger partial charge in [0.05, 0.1) is 0 Å². The molecule has 0 atom stereocenters. The van der Waals surface area contributed by atoms with Crippen molar-refractivity contribution < 1.29 is 4.74 Å². The lowest BCUT2D eigenvalue weighted by molar-refractivity contribution is 0.0303. The number of nitrogens with zero attached hydrogens (tertiary/aromatic N) is 1. The summed E-state index contributed by atoms with van der Waals surface area (Å²) < 4.78 is 5.99. The maximum Gasteiger partial charge on any atom is 0.127 e. The van der Waals surface area contributed by atoms with Crippen molar-refractivity contribution >= 4 is 12.4 Å². The van der Waals surface area contributed by atoms with E-state index in [9.17, 15) is 0 Å². The van der Waals surface area contributed by atoms with E-state index in [1.54, 1.807) is 0 Å². The van der Waals surface area contributed by atoms with Gasteiger partial charge in [0.2, 0.25) is 0 Å². The van der Waals surface area contributed by atoms with E-state index in [0.717, 1.165) is 11.5 Å². The largest absolute Gasteiger partial charge is 0.457 e. The molecule has 26 heavy (non-hydrogen) atoms. The molecule has 2 fully saturated rings. The van der Waals surface area contributed by atoms with E-state index in [-0.39, 0.29) is 17.9 Å². The van der Waals surface area contributed by atoms with Crippen LogP contribution in [-0.4, -0.2) is 18.0 Å². The zero-order chi connectivity index (χ0) is 17.0. The minimum Gasteiger partial charge on any atom is -0.457 e. The fraction of sp³-hybridized carbons (Fsp3) is 0.478. The van der Waals surface area contributed by atoms with Gasteiger partial charge < -0.3 is 4.74 Å². The second kappa shape index (κ2) is 8.92. The normalized spacial score (nSPS) is 20.2. The second-order valence-electron chi connectivity index (χ2n) is 7.58. The van der Waals surface area contributed by atoms with E-state index < -0.39 is 0 Å². The monoisotopic (exact) mass is 371 g/mol. The number of likely N-dealkylation sites (tertiary alicyclic amines) is 1. The van der Waals surface area contributed by atoms with Crippen LogP contribution < -0.4 is 4.74 Å². The fourth-order valence-corrected chi connectivity index (χ4v) is 4.70. The summed E-state index contributed by atoms with van der Waals surface area (Å²) in [5, 5.41) is 0. The third-order valence-electron chi connectivity index (χ3n) is 6.01. The van der Waals surface area contributed by atoms with E-state index in [1.807, 2.05) is 30.3 Å². The van der Waals surface area contributed by atoms with Crippen LogP contribution in [0.1, 0.15) is 56.9 Å². The van der Waals surface area contributed by atoms with E-state index in [4.69, 9.17) is 4.74 Å². The molecule has 2 aliphatic rings. The topological polar surface area (TPSA) is 12.5 Å². The summed E-state index contributed by atoms with van der Waals surface area (Å²) in [5.41, 5.74) is 1.76. The molecule has 0 bridgehead atoms. The molecule has 1 heterocycles. The highest BCUT2D eigenvalue weighted by molar-refractivity contribution is 5.85. The van der Waals surface area contributed by atoms with Crippen molar-refractivity contribution in [1.29, 1.82) is 0 Å². The third-order valence-corrected chi connectivity index (χ3v) is 6.01. The Bertz CT molecular complexity index is 658. The Labute approximate surface area is 164 Å². The van der Waals surface area contributed by atoms with Crippen molar-refractivity contribution in [3.05, 3.63) is 60.2 Å². The summed E-state index contributed by atoms with van der Waals surface area (Å²) in [6.45, 7) is 2.53. The molecule has 0 aromatic heterocycles. The average Bonchev–Trinajstić information content (AvgIpc) is 2.70. The maximum atomic E-state index is 5.99. The van der Waals surface area contributed by atoms with E-state index in [2.05, 4.69) is 29.2 Å². The summed E-state index contributed by atoms with van der Waals surface area (Å²) in [4.78, 5) is 2.79. The zero-order valence-electron chi connectivity index (χ0n) is 15.5. The molecule has 2 aromatic carbocycles. The molecular weight excluding hydrogens is 342 g/mol. The molecule has 0 amide bonds. The first kappa shape index (κ1) is 19.3. The van der Waals surface area contributed by atoms with Gasteiger partial charge in [-0.25, -0.2) is 0 Å². The fourth-order valence-electron chi connectivity index (χ4n) is 4.70. The number of hydrogen-bond acceptors (Lipinski definition) is 2. The molecule has 1 saturated carbocycles. The van der Waals surface area contributed by atoms with Crippen molar-refractivity contribution in [2.75, 3.05) is 13.1 Å². The van der Waals surface area contributed by atoms with Crippen LogP contribution in [0.3, 0.4) is 0 Å². The number of hydrogen-bond donors (Lipinski definition) is 0. The number of para-hydroxylation sites is 1. The van der Waals surface area contributed by atoms with Crippen LogP contribution >= 0.6 is 12.4 Å². The standard InChI is InChI=1S/C23H29NO.ClH/c1-4-10-21(11-5-1)25-22-14-12-20(13-15-22)23(16-6-2-7-17-23)24-18-8-3-9-19-24;/h1,4-5,10-15H,2-3,6-9,16-19H2;1H. The molecule has 1 aliphatic heterocycles. The van der Waals surface area contributed by atoms with Gasteiger partial charge in [-0.15, -0.1) is 12.4 Å². The summed E-state index contributed by atoms with van der Waals surface area (Å²) in [6.07, 6.45) is 10.9. The Morgan fingerprint density at radius 3 is 1.88 bits per heavy atom. The SMILES string of the molecule is Cl.c1ccc(Oc2ccc(C3(N4CCCCC4)CCCCC3)cc2)cc1. The zero-order valence-corrected chi connectivity index (χ0v) is 16.3. The van der Waals surface area contributed by atoms with Crippen LogP contribution in [-0.2, 0) is 5.54 Å².